The summed E-state index contributed by atoms with van der Waals surface area (Å²) < 4.78 is 17.6. The predicted octanol–water partition coefficient (Wildman–Crippen LogP) is 4.05. The van der Waals surface area contributed by atoms with Gasteiger partial charge in [0.15, 0.2) is 5.78 Å². The van der Waals surface area contributed by atoms with E-state index in [1.54, 1.807) is 0 Å². The van der Waals surface area contributed by atoms with E-state index < -0.39 is 0 Å². The summed E-state index contributed by atoms with van der Waals surface area (Å²) in [6.07, 6.45) is 0.233. The Bertz CT molecular complexity index is 656. The molecule has 0 aliphatic rings. The van der Waals surface area contributed by atoms with E-state index in [0.717, 1.165) is 5.56 Å². The van der Waals surface area contributed by atoms with E-state index in [9.17, 15) is 14.0 Å². The van der Waals surface area contributed by atoms with E-state index in [1.165, 1.54) is 43.1 Å². The van der Waals surface area contributed by atoms with Crippen molar-refractivity contribution in [2.75, 3.05) is 12.9 Å². The Balaban J connectivity index is 2.11. The Labute approximate surface area is 138 Å². The molecular formula is C18H17FO3S. The van der Waals surface area contributed by atoms with Gasteiger partial charge in [-0.15, -0.1) is 11.8 Å². The summed E-state index contributed by atoms with van der Waals surface area (Å²) in [6.45, 7) is 0. The number of methoxy groups -OCH3 is 1. The van der Waals surface area contributed by atoms with Gasteiger partial charge in [-0.2, -0.15) is 0 Å². The zero-order valence-electron chi connectivity index (χ0n) is 12.7. The highest BCUT2D eigenvalue weighted by atomic mass is 32.2. The molecule has 0 aromatic heterocycles. The number of ether oxygens (including phenoxy) is 1. The zero-order valence-corrected chi connectivity index (χ0v) is 13.5. The summed E-state index contributed by atoms with van der Waals surface area (Å²) in [6, 6.07) is 15.0. The van der Waals surface area contributed by atoms with Crippen LogP contribution in [0.3, 0.4) is 0 Å². The average Bonchev–Trinajstić information content (AvgIpc) is 2.59. The predicted molar refractivity (Wildman–Crippen MR) is 89.0 cm³/mol. The molecule has 5 heteroatoms. The fourth-order valence-corrected chi connectivity index (χ4v) is 3.16. The van der Waals surface area contributed by atoms with Crippen molar-refractivity contribution in [3.8, 4) is 0 Å². The summed E-state index contributed by atoms with van der Waals surface area (Å²) in [5.74, 6) is -0.616. The van der Waals surface area contributed by atoms with E-state index in [-0.39, 0.29) is 35.0 Å². The van der Waals surface area contributed by atoms with Gasteiger partial charge in [-0.1, -0.05) is 30.3 Å². The molecule has 0 spiro atoms. The summed E-state index contributed by atoms with van der Waals surface area (Å²) in [7, 11) is 1.34. The maximum Gasteiger partial charge on any atom is 0.315 e. The monoisotopic (exact) mass is 332 g/mol. The number of rotatable bonds is 7. The van der Waals surface area contributed by atoms with Crippen LogP contribution in [0.1, 0.15) is 27.6 Å². The van der Waals surface area contributed by atoms with Crippen molar-refractivity contribution in [1.82, 2.24) is 0 Å². The van der Waals surface area contributed by atoms with Crippen molar-refractivity contribution >= 4 is 23.5 Å². The van der Waals surface area contributed by atoms with Crippen LogP contribution >= 0.6 is 11.8 Å². The number of carbonyl (C=O) groups excluding carboxylic acids is 2. The standard InChI is InChI=1S/C18H17FO3S/c1-22-18(21)12-23-17(14-5-3-2-4-6-14)11-16(20)13-7-9-15(19)10-8-13/h2-10,17H,11-12H2,1H3/t17-/m0/s1. The summed E-state index contributed by atoms with van der Waals surface area (Å²) in [5.41, 5.74) is 1.43. The minimum atomic E-state index is -0.374. The van der Waals surface area contributed by atoms with Gasteiger partial charge < -0.3 is 4.74 Å². The van der Waals surface area contributed by atoms with Crippen molar-refractivity contribution < 1.29 is 18.7 Å². The number of carbonyl (C=O) groups is 2. The van der Waals surface area contributed by atoms with E-state index in [0.29, 0.717) is 5.56 Å². The quantitative estimate of drug-likeness (QED) is 0.567. The third kappa shape index (κ3) is 5.21. The van der Waals surface area contributed by atoms with Gasteiger partial charge in [-0.05, 0) is 29.8 Å². The van der Waals surface area contributed by atoms with Crippen molar-refractivity contribution in [3.05, 3.63) is 71.5 Å². The van der Waals surface area contributed by atoms with Crippen LogP contribution in [0.2, 0.25) is 0 Å². The van der Waals surface area contributed by atoms with E-state index in [4.69, 9.17) is 0 Å². The zero-order chi connectivity index (χ0) is 16.7. The first-order valence-corrected chi connectivity index (χ1v) is 8.17. The number of ketones is 1. The highest BCUT2D eigenvalue weighted by Gasteiger charge is 2.19. The van der Waals surface area contributed by atoms with Gasteiger partial charge in [0, 0.05) is 17.2 Å². The highest BCUT2D eigenvalue weighted by molar-refractivity contribution is 8.00. The van der Waals surface area contributed by atoms with Gasteiger partial charge in [-0.25, -0.2) is 4.39 Å². The molecule has 0 bridgehead atoms. The Morgan fingerprint density at radius 1 is 1.09 bits per heavy atom. The van der Waals surface area contributed by atoms with E-state index in [1.807, 2.05) is 30.3 Å². The molecule has 0 fully saturated rings. The van der Waals surface area contributed by atoms with Gasteiger partial charge in [0.1, 0.15) is 5.82 Å². The third-order valence-corrected chi connectivity index (χ3v) is 4.58. The lowest BCUT2D eigenvalue weighted by Gasteiger charge is -2.16. The first-order chi connectivity index (χ1) is 11.1. The number of esters is 1. The van der Waals surface area contributed by atoms with Crippen molar-refractivity contribution in [2.45, 2.75) is 11.7 Å². The van der Waals surface area contributed by atoms with Gasteiger partial charge in [-0.3, -0.25) is 9.59 Å². The molecule has 0 aliphatic carbocycles. The molecule has 120 valence electrons. The summed E-state index contributed by atoms with van der Waals surface area (Å²) in [5, 5.41) is -0.159. The molecule has 0 heterocycles. The number of benzene rings is 2. The van der Waals surface area contributed by atoms with Crippen molar-refractivity contribution in [2.24, 2.45) is 0 Å². The van der Waals surface area contributed by atoms with E-state index in [2.05, 4.69) is 4.74 Å². The Hall–Kier alpha value is -2.14. The smallest absolute Gasteiger partial charge is 0.315 e. The second-order valence-corrected chi connectivity index (χ2v) is 6.11. The normalized spacial score (nSPS) is 11.7. The van der Waals surface area contributed by atoms with Gasteiger partial charge in [0.05, 0.1) is 12.9 Å². The Kier molecular flexibility index (Phi) is 6.35. The number of hydrogen-bond acceptors (Lipinski definition) is 4. The number of thioether (sulfide) groups is 1. The van der Waals surface area contributed by atoms with Crippen LogP contribution < -0.4 is 0 Å². The molecule has 0 N–H and O–H groups in total. The molecule has 0 saturated heterocycles. The molecule has 0 radical (unpaired) electrons. The molecule has 0 amide bonds. The topological polar surface area (TPSA) is 43.4 Å². The van der Waals surface area contributed by atoms with Crippen LogP contribution in [0.25, 0.3) is 0 Å². The van der Waals surface area contributed by atoms with Gasteiger partial charge in [0.25, 0.3) is 0 Å². The third-order valence-electron chi connectivity index (χ3n) is 3.34. The van der Waals surface area contributed by atoms with Crippen molar-refractivity contribution in [3.63, 3.8) is 0 Å². The molecule has 2 aromatic carbocycles. The van der Waals surface area contributed by atoms with Crippen LogP contribution in [0, 0.1) is 5.82 Å². The second kappa shape index (κ2) is 8.48. The van der Waals surface area contributed by atoms with Crippen molar-refractivity contribution in [1.29, 1.82) is 0 Å². The van der Waals surface area contributed by atoms with Crippen LogP contribution in [0.15, 0.2) is 54.6 Å². The number of Topliss-reactive ketones (excluding diaryl/α,β-unsaturated/α-hetero) is 1. The average molecular weight is 332 g/mol. The maximum absolute atomic E-state index is 13.0. The molecule has 23 heavy (non-hydrogen) atoms. The fraction of sp³-hybridized carbons (Fsp3) is 0.222. The SMILES string of the molecule is COC(=O)CS[C@@H](CC(=O)c1ccc(F)cc1)c1ccccc1. The van der Waals surface area contributed by atoms with E-state index >= 15 is 0 Å². The van der Waals surface area contributed by atoms with Gasteiger partial charge in [0.2, 0.25) is 0 Å². The molecule has 2 rings (SSSR count). The largest absolute Gasteiger partial charge is 0.468 e. The molecule has 3 nitrogen and oxygen atoms in total. The number of halogens is 1. The minimum Gasteiger partial charge on any atom is -0.468 e. The highest BCUT2D eigenvalue weighted by Crippen LogP contribution is 2.33. The molecule has 0 saturated carbocycles. The van der Waals surface area contributed by atoms with Gasteiger partial charge >= 0.3 is 5.97 Å². The molecule has 1 atom stereocenters. The lowest BCUT2D eigenvalue weighted by molar-refractivity contribution is -0.137. The van der Waals surface area contributed by atoms with Crippen LogP contribution in [0.5, 0.6) is 0 Å². The lowest BCUT2D eigenvalue weighted by atomic mass is 10.0. The molecule has 0 aliphatic heterocycles. The van der Waals surface area contributed by atoms with Crippen LogP contribution in [-0.2, 0) is 9.53 Å². The Morgan fingerprint density at radius 3 is 2.35 bits per heavy atom. The maximum atomic E-state index is 13.0. The number of hydrogen-bond donors (Lipinski definition) is 0. The summed E-state index contributed by atoms with van der Waals surface area (Å²) in [4.78, 5) is 23.8. The second-order valence-electron chi connectivity index (χ2n) is 4.92. The first kappa shape index (κ1) is 17.2. The first-order valence-electron chi connectivity index (χ1n) is 7.12. The molecular weight excluding hydrogens is 315 g/mol. The molecule has 0 unspecified atom stereocenters. The minimum absolute atomic E-state index is 0.0868. The Morgan fingerprint density at radius 2 is 1.74 bits per heavy atom. The lowest BCUT2D eigenvalue weighted by Crippen LogP contribution is -2.10. The van der Waals surface area contributed by atoms with Crippen LogP contribution in [0.4, 0.5) is 4.39 Å². The fourth-order valence-electron chi connectivity index (χ4n) is 2.09. The summed E-state index contributed by atoms with van der Waals surface area (Å²) >= 11 is 1.36. The van der Waals surface area contributed by atoms with Crippen LogP contribution in [-0.4, -0.2) is 24.6 Å². The molecule has 2 aromatic rings.